The molecule has 23 heavy (non-hydrogen) atoms. The Balaban J connectivity index is 1.87. The summed E-state index contributed by atoms with van der Waals surface area (Å²) in [7, 11) is 1.61. The van der Waals surface area contributed by atoms with Crippen molar-refractivity contribution in [3.8, 4) is 11.5 Å². The number of aliphatic imine (C=N–C) groups is 1. The number of nitrogens with zero attached hydrogens (tertiary/aromatic N) is 1. The molecule has 1 atom stereocenters. The lowest BCUT2D eigenvalue weighted by Gasteiger charge is -2.13. The number of hydrogen-bond donors (Lipinski definition) is 2. The van der Waals surface area contributed by atoms with E-state index in [4.69, 9.17) is 15.2 Å². The molecule has 0 saturated heterocycles. The summed E-state index contributed by atoms with van der Waals surface area (Å²) in [6, 6.07) is 13.6. The van der Waals surface area contributed by atoms with Gasteiger partial charge >= 0.3 is 0 Å². The van der Waals surface area contributed by atoms with Gasteiger partial charge in [-0.2, -0.15) is 0 Å². The number of methoxy groups -OCH3 is 1. The topological polar surface area (TPSA) is 68.9 Å². The van der Waals surface area contributed by atoms with E-state index < -0.39 is 5.82 Å². The van der Waals surface area contributed by atoms with Gasteiger partial charge in [-0.05, 0) is 43.3 Å². The summed E-state index contributed by atoms with van der Waals surface area (Å²) in [6.45, 7) is 2.11. The number of benzene rings is 2. The van der Waals surface area contributed by atoms with Crippen LogP contribution in [0.5, 0.6) is 11.5 Å². The van der Waals surface area contributed by atoms with Crippen LogP contribution >= 0.6 is 0 Å². The van der Waals surface area contributed by atoms with E-state index in [2.05, 4.69) is 10.3 Å². The molecule has 6 heteroatoms. The van der Waals surface area contributed by atoms with Crippen LogP contribution in [0.15, 0.2) is 53.5 Å². The Bertz CT molecular complexity index is 659. The molecule has 0 heterocycles. The third-order valence-electron chi connectivity index (χ3n) is 3.05. The van der Waals surface area contributed by atoms with E-state index in [1.54, 1.807) is 32.2 Å². The number of rotatable bonds is 6. The molecule has 0 saturated carbocycles. The van der Waals surface area contributed by atoms with Crippen molar-refractivity contribution in [1.82, 2.24) is 0 Å². The Morgan fingerprint density at radius 2 is 1.91 bits per heavy atom. The van der Waals surface area contributed by atoms with Gasteiger partial charge in [-0.25, -0.2) is 9.38 Å². The molecule has 5 nitrogen and oxygen atoms in total. The van der Waals surface area contributed by atoms with Gasteiger partial charge in [0.2, 0.25) is 0 Å². The summed E-state index contributed by atoms with van der Waals surface area (Å²) in [5, 5.41) is 2.97. The summed E-state index contributed by atoms with van der Waals surface area (Å²) >= 11 is 0. The quantitative estimate of drug-likeness (QED) is 0.635. The summed E-state index contributed by atoms with van der Waals surface area (Å²) in [5.41, 5.74) is 6.63. The van der Waals surface area contributed by atoms with Crippen LogP contribution in [-0.4, -0.2) is 25.7 Å². The van der Waals surface area contributed by atoms with E-state index in [-0.39, 0.29) is 17.8 Å². The van der Waals surface area contributed by atoms with E-state index in [1.165, 1.54) is 6.07 Å². The zero-order valence-corrected chi connectivity index (χ0v) is 13.1. The minimum Gasteiger partial charge on any atom is -0.497 e. The number of anilines is 1. The number of nitrogens with one attached hydrogen (secondary N) is 1. The Labute approximate surface area is 134 Å². The Morgan fingerprint density at radius 3 is 2.57 bits per heavy atom. The van der Waals surface area contributed by atoms with Gasteiger partial charge in [0.15, 0.2) is 17.5 Å². The average molecular weight is 317 g/mol. The molecule has 0 aromatic heterocycles. The van der Waals surface area contributed by atoms with E-state index in [0.717, 1.165) is 11.4 Å². The Hall–Kier alpha value is -2.76. The first-order valence-electron chi connectivity index (χ1n) is 7.20. The van der Waals surface area contributed by atoms with Crippen LogP contribution in [0.3, 0.4) is 0 Å². The zero-order valence-electron chi connectivity index (χ0n) is 13.1. The molecule has 0 aliphatic heterocycles. The molecule has 122 valence electrons. The van der Waals surface area contributed by atoms with Gasteiger partial charge in [0, 0.05) is 5.69 Å². The fourth-order valence-corrected chi connectivity index (χ4v) is 1.88. The van der Waals surface area contributed by atoms with Gasteiger partial charge in [-0.15, -0.1) is 0 Å². The minimum absolute atomic E-state index is 0.205. The Morgan fingerprint density at radius 1 is 1.22 bits per heavy atom. The number of nitrogens with two attached hydrogens (primary N) is 1. The van der Waals surface area contributed by atoms with Crippen molar-refractivity contribution < 1.29 is 13.9 Å². The Kier molecular flexibility index (Phi) is 5.80. The summed E-state index contributed by atoms with van der Waals surface area (Å²) in [4.78, 5) is 4.19. The second-order valence-corrected chi connectivity index (χ2v) is 4.94. The first kappa shape index (κ1) is 16.6. The fourth-order valence-electron chi connectivity index (χ4n) is 1.88. The summed E-state index contributed by atoms with van der Waals surface area (Å²) < 4.78 is 24.1. The molecule has 0 amide bonds. The largest absolute Gasteiger partial charge is 0.497 e. The number of ether oxygens (including phenoxy) is 2. The van der Waals surface area contributed by atoms with Crippen molar-refractivity contribution >= 4 is 11.6 Å². The standard InChI is InChI=1S/C17H20FN3O2/c1-12(23-16-6-4-3-5-15(16)18)11-20-17(19)21-13-7-9-14(22-2)10-8-13/h3-10,12H,11H2,1-2H3,(H3,19,20,21). The lowest BCUT2D eigenvalue weighted by molar-refractivity contribution is 0.220. The van der Waals surface area contributed by atoms with Crippen molar-refractivity contribution in [2.45, 2.75) is 13.0 Å². The van der Waals surface area contributed by atoms with Crippen LogP contribution in [0.2, 0.25) is 0 Å². The highest BCUT2D eigenvalue weighted by molar-refractivity contribution is 5.92. The third kappa shape index (κ3) is 5.18. The lowest BCUT2D eigenvalue weighted by atomic mass is 10.3. The second kappa shape index (κ2) is 8.03. The van der Waals surface area contributed by atoms with E-state index in [9.17, 15) is 4.39 Å². The number of para-hydroxylation sites is 1. The van der Waals surface area contributed by atoms with Gasteiger partial charge in [0.1, 0.15) is 11.9 Å². The smallest absolute Gasteiger partial charge is 0.193 e. The normalized spacial score (nSPS) is 12.6. The van der Waals surface area contributed by atoms with E-state index in [1.807, 2.05) is 24.3 Å². The third-order valence-corrected chi connectivity index (χ3v) is 3.05. The molecule has 0 aliphatic carbocycles. The second-order valence-electron chi connectivity index (χ2n) is 4.94. The van der Waals surface area contributed by atoms with Gasteiger partial charge in [0.25, 0.3) is 0 Å². The minimum atomic E-state index is -0.396. The van der Waals surface area contributed by atoms with Crippen molar-refractivity contribution in [2.24, 2.45) is 10.7 Å². The van der Waals surface area contributed by atoms with E-state index >= 15 is 0 Å². The fraction of sp³-hybridized carbons (Fsp3) is 0.235. The molecule has 2 aromatic carbocycles. The predicted molar refractivity (Wildman–Crippen MR) is 89.6 cm³/mol. The SMILES string of the molecule is COc1ccc(NC(N)=NCC(C)Oc2ccccc2F)cc1. The van der Waals surface area contributed by atoms with Crippen molar-refractivity contribution in [3.63, 3.8) is 0 Å². The maximum Gasteiger partial charge on any atom is 0.193 e. The van der Waals surface area contributed by atoms with Gasteiger partial charge < -0.3 is 20.5 Å². The van der Waals surface area contributed by atoms with Crippen LogP contribution in [0, 0.1) is 5.82 Å². The maximum absolute atomic E-state index is 13.5. The highest BCUT2D eigenvalue weighted by Gasteiger charge is 2.07. The molecule has 0 spiro atoms. The monoisotopic (exact) mass is 317 g/mol. The molecular weight excluding hydrogens is 297 g/mol. The van der Waals surface area contributed by atoms with Crippen LogP contribution in [0.25, 0.3) is 0 Å². The highest BCUT2D eigenvalue weighted by atomic mass is 19.1. The van der Waals surface area contributed by atoms with Crippen molar-refractivity contribution in [3.05, 3.63) is 54.3 Å². The predicted octanol–water partition coefficient (Wildman–Crippen LogP) is 3.03. The molecule has 0 fully saturated rings. The van der Waals surface area contributed by atoms with Gasteiger partial charge in [-0.3, -0.25) is 0 Å². The van der Waals surface area contributed by atoms with Crippen LogP contribution in [-0.2, 0) is 0 Å². The number of halogens is 1. The summed E-state index contributed by atoms with van der Waals surface area (Å²) in [6.07, 6.45) is -0.303. The number of hydrogen-bond acceptors (Lipinski definition) is 3. The molecule has 0 bridgehead atoms. The molecule has 3 N–H and O–H groups in total. The molecule has 2 aromatic rings. The lowest BCUT2D eigenvalue weighted by Crippen LogP contribution is -2.25. The van der Waals surface area contributed by atoms with Gasteiger partial charge in [-0.1, -0.05) is 12.1 Å². The van der Waals surface area contributed by atoms with Crippen LogP contribution in [0.1, 0.15) is 6.92 Å². The molecular formula is C17H20FN3O2. The number of guanidine groups is 1. The first-order valence-corrected chi connectivity index (χ1v) is 7.20. The van der Waals surface area contributed by atoms with Crippen molar-refractivity contribution in [2.75, 3.05) is 19.0 Å². The average Bonchev–Trinajstić information content (AvgIpc) is 2.56. The van der Waals surface area contributed by atoms with Gasteiger partial charge in [0.05, 0.1) is 13.7 Å². The first-order chi connectivity index (χ1) is 11.1. The summed E-state index contributed by atoms with van der Waals surface area (Å²) in [5.74, 6) is 0.835. The molecule has 0 radical (unpaired) electrons. The molecule has 1 unspecified atom stereocenters. The maximum atomic E-state index is 13.5. The van der Waals surface area contributed by atoms with Crippen molar-refractivity contribution in [1.29, 1.82) is 0 Å². The van der Waals surface area contributed by atoms with Crippen LogP contribution in [0.4, 0.5) is 10.1 Å². The van der Waals surface area contributed by atoms with Crippen LogP contribution < -0.4 is 20.5 Å². The molecule has 0 aliphatic rings. The zero-order chi connectivity index (χ0) is 16.7. The van der Waals surface area contributed by atoms with E-state index in [0.29, 0.717) is 6.54 Å². The highest BCUT2D eigenvalue weighted by Crippen LogP contribution is 2.17. The molecule has 2 rings (SSSR count).